The minimum atomic E-state index is -0.0561. The molecule has 0 fully saturated rings. The van der Waals surface area contributed by atoms with E-state index in [0.717, 1.165) is 29.8 Å². The third kappa shape index (κ3) is 4.23. The van der Waals surface area contributed by atoms with Gasteiger partial charge in [0, 0.05) is 17.3 Å². The smallest absolute Gasteiger partial charge is 0.230 e. The summed E-state index contributed by atoms with van der Waals surface area (Å²) in [4.78, 5) is 16.8. The molecule has 0 aliphatic carbocycles. The Kier molecular flexibility index (Phi) is 6.41. The number of rotatable bonds is 7. The van der Waals surface area contributed by atoms with E-state index in [2.05, 4.69) is 27.4 Å². The Balaban J connectivity index is 2.04. The lowest BCUT2D eigenvalue weighted by Crippen LogP contribution is -2.27. The highest BCUT2D eigenvalue weighted by Crippen LogP contribution is 2.25. The number of carbonyl (C=O) groups is 1. The Hall–Kier alpha value is -2.32. The maximum Gasteiger partial charge on any atom is 0.230 e. The highest BCUT2D eigenvalue weighted by atomic mass is 35.5. The van der Waals surface area contributed by atoms with E-state index in [1.165, 1.54) is 11.8 Å². The number of nitrogens with one attached hydrogen (secondary N) is 3. The van der Waals surface area contributed by atoms with Crippen molar-refractivity contribution in [2.45, 2.75) is 38.8 Å². The van der Waals surface area contributed by atoms with Gasteiger partial charge in [0.2, 0.25) is 5.91 Å². The molecule has 0 saturated carbocycles. The molecular weight excluding hydrogens is 396 g/mol. The minimum Gasteiger partial charge on any atom is -0.355 e. The first-order chi connectivity index (χ1) is 13.4. The van der Waals surface area contributed by atoms with Crippen molar-refractivity contribution in [3.8, 4) is 5.69 Å². The van der Waals surface area contributed by atoms with E-state index in [-0.39, 0.29) is 17.1 Å². The summed E-state index contributed by atoms with van der Waals surface area (Å²) in [6, 6.07) is 5.53. The molecule has 3 aromatic rings. The number of hydrogen-bond acceptors (Lipinski definition) is 5. The lowest BCUT2D eigenvalue weighted by atomic mass is 10.2. The second-order valence-electron chi connectivity index (χ2n) is 6.55. The molecule has 2 heterocycles. The lowest BCUT2D eigenvalue weighted by molar-refractivity contribution is -0.118. The summed E-state index contributed by atoms with van der Waals surface area (Å²) < 4.78 is 1.73. The van der Waals surface area contributed by atoms with Crippen molar-refractivity contribution in [2.75, 3.05) is 12.3 Å². The van der Waals surface area contributed by atoms with Crippen molar-refractivity contribution in [1.29, 1.82) is 5.41 Å². The van der Waals surface area contributed by atoms with Crippen LogP contribution in [-0.2, 0) is 4.79 Å². The van der Waals surface area contributed by atoms with Crippen LogP contribution in [-0.4, -0.2) is 38.0 Å². The van der Waals surface area contributed by atoms with E-state index in [9.17, 15) is 4.79 Å². The Morgan fingerprint density at radius 2 is 2.18 bits per heavy atom. The number of carbonyl (C=O) groups excluding carboxylic acids is 1. The van der Waals surface area contributed by atoms with Crippen LogP contribution in [0.4, 0.5) is 0 Å². The van der Waals surface area contributed by atoms with Gasteiger partial charge in [-0.05, 0) is 38.0 Å². The van der Waals surface area contributed by atoms with Crippen LogP contribution in [0.3, 0.4) is 0 Å². The van der Waals surface area contributed by atoms with Gasteiger partial charge in [-0.3, -0.25) is 19.9 Å². The van der Waals surface area contributed by atoms with Crippen LogP contribution in [0.1, 0.15) is 31.0 Å². The first kappa shape index (κ1) is 20.4. The van der Waals surface area contributed by atoms with Crippen LogP contribution in [0.15, 0.2) is 23.4 Å². The minimum absolute atomic E-state index is 0.0561. The number of nitrogens with zero attached hydrogens (tertiary/aromatic N) is 3. The molecule has 0 unspecified atom stereocenters. The van der Waals surface area contributed by atoms with Crippen LogP contribution in [0, 0.1) is 19.3 Å². The van der Waals surface area contributed by atoms with Gasteiger partial charge in [0.25, 0.3) is 0 Å². The normalized spacial score (nSPS) is 11.1. The van der Waals surface area contributed by atoms with Crippen LogP contribution in [0.2, 0.25) is 5.02 Å². The summed E-state index contributed by atoms with van der Waals surface area (Å²) in [7, 11) is 0. The number of aromatic nitrogens is 4. The first-order valence-corrected chi connectivity index (χ1v) is 10.5. The summed E-state index contributed by atoms with van der Waals surface area (Å²) in [6.07, 6.45) is 1.98. The van der Waals surface area contributed by atoms with Crippen LogP contribution in [0.5, 0.6) is 0 Å². The molecule has 9 heteroatoms. The number of benzene rings is 1. The third-order valence-corrected chi connectivity index (χ3v) is 5.55. The van der Waals surface area contributed by atoms with E-state index in [1.54, 1.807) is 4.57 Å². The molecule has 0 spiro atoms. The fourth-order valence-electron chi connectivity index (χ4n) is 2.86. The van der Waals surface area contributed by atoms with Gasteiger partial charge in [-0.25, -0.2) is 4.98 Å². The maximum atomic E-state index is 12.2. The number of H-pyrrole nitrogens is 1. The first-order valence-electron chi connectivity index (χ1n) is 9.10. The molecule has 7 nitrogen and oxygen atoms in total. The second-order valence-corrected chi connectivity index (χ2v) is 7.93. The largest absolute Gasteiger partial charge is 0.355 e. The third-order valence-electron chi connectivity index (χ3n) is 4.38. The highest BCUT2D eigenvalue weighted by molar-refractivity contribution is 7.99. The van der Waals surface area contributed by atoms with Gasteiger partial charge in [0.1, 0.15) is 5.49 Å². The Bertz CT molecular complexity index is 1070. The molecular formula is C19H23ClN6OS. The molecule has 0 radical (unpaired) electrons. The summed E-state index contributed by atoms with van der Waals surface area (Å²) in [5.74, 6) is 0.157. The zero-order valence-electron chi connectivity index (χ0n) is 16.1. The molecule has 2 aromatic heterocycles. The molecule has 0 aliphatic rings. The van der Waals surface area contributed by atoms with Gasteiger partial charge in [0.05, 0.1) is 16.8 Å². The van der Waals surface area contributed by atoms with Crippen molar-refractivity contribution in [2.24, 2.45) is 0 Å². The second kappa shape index (κ2) is 8.79. The van der Waals surface area contributed by atoms with E-state index < -0.39 is 0 Å². The number of fused-ring (bicyclic) bond motifs is 1. The highest BCUT2D eigenvalue weighted by Gasteiger charge is 2.17. The number of aromatic amines is 1. The van der Waals surface area contributed by atoms with Crippen molar-refractivity contribution in [1.82, 2.24) is 25.1 Å². The SMILES string of the molecule is CCCCNC(=O)CSc1nc2n[nH]c(C)c2c(=N)n1-c1cc(Cl)ccc1C. The monoisotopic (exact) mass is 418 g/mol. The van der Waals surface area contributed by atoms with E-state index in [0.29, 0.717) is 27.8 Å². The predicted octanol–water partition coefficient (Wildman–Crippen LogP) is 3.51. The summed E-state index contributed by atoms with van der Waals surface area (Å²) in [5, 5.41) is 20.5. The van der Waals surface area contributed by atoms with E-state index in [1.807, 2.05) is 32.0 Å². The van der Waals surface area contributed by atoms with Gasteiger partial charge in [0.15, 0.2) is 10.8 Å². The van der Waals surface area contributed by atoms with Gasteiger partial charge in [-0.15, -0.1) is 0 Å². The number of thioether (sulfide) groups is 1. The summed E-state index contributed by atoms with van der Waals surface area (Å²) >= 11 is 7.50. The molecule has 1 aromatic carbocycles. The number of unbranched alkanes of at least 4 members (excludes halogenated alkanes) is 1. The molecule has 3 rings (SSSR count). The zero-order chi connectivity index (χ0) is 20.3. The molecule has 28 heavy (non-hydrogen) atoms. The van der Waals surface area contributed by atoms with Crippen LogP contribution < -0.4 is 10.8 Å². The van der Waals surface area contributed by atoms with Crippen molar-refractivity contribution < 1.29 is 4.79 Å². The summed E-state index contributed by atoms with van der Waals surface area (Å²) in [6.45, 7) is 6.56. The quantitative estimate of drug-likeness (QED) is 0.310. The Labute approximate surface area is 172 Å². The molecule has 3 N–H and O–H groups in total. The summed E-state index contributed by atoms with van der Waals surface area (Å²) in [5.41, 5.74) is 3.22. The van der Waals surface area contributed by atoms with E-state index >= 15 is 0 Å². The lowest BCUT2D eigenvalue weighted by Gasteiger charge is -2.15. The van der Waals surface area contributed by atoms with Gasteiger partial charge in [-0.2, -0.15) is 5.10 Å². The number of amides is 1. The molecule has 1 amide bonds. The average molecular weight is 419 g/mol. The molecule has 0 aliphatic heterocycles. The van der Waals surface area contributed by atoms with Gasteiger partial charge >= 0.3 is 0 Å². The molecule has 148 valence electrons. The standard InChI is InChI=1S/C19H23ClN6OS/c1-4-5-8-22-15(27)10-28-19-23-18-16(12(3)24-25-18)17(21)26(19)14-9-13(20)7-6-11(14)2/h6-7,9,21H,4-5,8,10H2,1-3H3,(H,22,27)(H,24,25). The number of hydrogen-bond donors (Lipinski definition) is 3. The number of aryl methyl sites for hydroxylation is 2. The average Bonchev–Trinajstić information content (AvgIpc) is 3.03. The number of halogens is 1. The van der Waals surface area contributed by atoms with Crippen LogP contribution >= 0.6 is 23.4 Å². The predicted molar refractivity (Wildman–Crippen MR) is 112 cm³/mol. The van der Waals surface area contributed by atoms with Crippen LogP contribution in [0.25, 0.3) is 16.7 Å². The van der Waals surface area contributed by atoms with Crippen molar-refractivity contribution in [3.63, 3.8) is 0 Å². The molecule has 0 saturated heterocycles. The van der Waals surface area contributed by atoms with Gasteiger partial charge in [-0.1, -0.05) is 42.8 Å². The fourth-order valence-corrected chi connectivity index (χ4v) is 3.86. The topological polar surface area (TPSA) is 99.5 Å². The molecule has 0 atom stereocenters. The van der Waals surface area contributed by atoms with Gasteiger partial charge < -0.3 is 5.32 Å². The Morgan fingerprint density at radius 1 is 1.39 bits per heavy atom. The Morgan fingerprint density at radius 3 is 2.93 bits per heavy atom. The fraction of sp³-hybridized carbons (Fsp3) is 0.368. The van der Waals surface area contributed by atoms with Crippen molar-refractivity contribution in [3.05, 3.63) is 40.0 Å². The van der Waals surface area contributed by atoms with Crippen molar-refractivity contribution >= 4 is 40.3 Å². The maximum absolute atomic E-state index is 12.2. The van der Waals surface area contributed by atoms with E-state index in [4.69, 9.17) is 17.0 Å². The molecule has 0 bridgehead atoms. The zero-order valence-corrected chi connectivity index (χ0v) is 17.7.